The van der Waals surface area contributed by atoms with Crippen molar-refractivity contribution in [3.05, 3.63) is 58.5 Å². The summed E-state index contributed by atoms with van der Waals surface area (Å²) in [4.78, 5) is 29.0. The maximum absolute atomic E-state index is 12.4. The second-order valence-electron chi connectivity index (χ2n) is 6.14. The molecule has 1 amide bonds. The summed E-state index contributed by atoms with van der Waals surface area (Å²) in [7, 11) is 0. The molecule has 2 aromatic carbocycles. The monoisotopic (exact) mass is 338 g/mol. The third-order valence-corrected chi connectivity index (χ3v) is 4.05. The molecule has 1 aromatic heterocycles. The van der Waals surface area contributed by atoms with E-state index in [1.807, 2.05) is 19.1 Å². The Labute approximate surface area is 145 Å². The minimum atomic E-state index is -0.391. The molecule has 130 valence electrons. The molecule has 6 heteroatoms. The lowest BCUT2D eigenvalue weighted by Crippen LogP contribution is -2.31. The Morgan fingerprint density at radius 1 is 1.04 bits per heavy atom. The van der Waals surface area contributed by atoms with Gasteiger partial charge in [-0.25, -0.2) is 4.79 Å². The zero-order valence-electron chi connectivity index (χ0n) is 14.3. The summed E-state index contributed by atoms with van der Waals surface area (Å²) >= 11 is 0. The number of benzene rings is 2. The molecule has 25 heavy (non-hydrogen) atoms. The smallest absolute Gasteiger partial charge is 0.323 e. The van der Waals surface area contributed by atoms with E-state index in [-0.39, 0.29) is 11.6 Å². The molecule has 0 saturated heterocycles. The summed E-state index contributed by atoms with van der Waals surface area (Å²) < 4.78 is 0. The number of aryl methyl sites for hydroxylation is 1. The van der Waals surface area contributed by atoms with Crippen molar-refractivity contribution in [1.29, 1.82) is 0 Å². The average Bonchev–Trinajstić information content (AvgIpc) is 2.96. The molecule has 4 N–H and O–H groups in total. The van der Waals surface area contributed by atoms with E-state index in [0.29, 0.717) is 16.7 Å². The van der Waals surface area contributed by atoms with Crippen molar-refractivity contribution >= 4 is 28.3 Å². The summed E-state index contributed by atoms with van der Waals surface area (Å²) in [6.07, 6.45) is 2.17. The summed E-state index contributed by atoms with van der Waals surface area (Å²) in [5.74, 6) is -0.144. The van der Waals surface area contributed by atoms with Gasteiger partial charge in [0, 0.05) is 11.4 Å². The Bertz CT molecular complexity index is 924. The lowest BCUT2D eigenvalue weighted by atomic mass is 10.1. The van der Waals surface area contributed by atoms with E-state index in [0.717, 1.165) is 18.5 Å². The first-order chi connectivity index (χ1) is 12.0. The summed E-state index contributed by atoms with van der Waals surface area (Å²) in [5.41, 5.74) is 3.95. The second kappa shape index (κ2) is 7.25. The van der Waals surface area contributed by atoms with Crippen LogP contribution in [-0.2, 0) is 11.2 Å². The molecular weight excluding hydrogens is 316 g/mol. The fraction of sp³-hybridized carbons (Fsp3) is 0.263. The number of aromatic nitrogens is 2. The van der Waals surface area contributed by atoms with Gasteiger partial charge in [0.05, 0.1) is 11.0 Å². The first kappa shape index (κ1) is 16.8. The van der Waals surface area contributed by atoms with E-state index in [9.17, 15) is 9.59 Å². The lowest BCUT2D eigenvalue weighted by molar-refractivity contribution is -0.116. The molecule has 0 aliphatic carbocycles. The molecule has 0 aliphatic heterocycles. The first-order valence-corrected chi connectivity index (χ1v) is 8.43. The molecular formula is C19H22N4O2. The highest BCUT2D eigenvalue weighted by atomic mass is 16.2. The van der Waals surface area contributed by atoms with Gasteiger partial charge in [-0.05, 0) is 49.2 Å². The minimum absolute atomic E-state index is 0.144. The van der Waals surface area contributed by atoms with E-state index in [4.69, 9.17) is 0 Å². The van der Waals surface area contributed by atoms with Crippen LogP contribution in [0.1, 0.15) is 25.8 Å². The van der Waals surface area contributed by atoms with Crippen LogP contribution in [0.3, 0.4) is 0 Å². The highest BCUT2D eigenvalue weighted by Gasteiger charge is 2.13. The zero-order chi connectivity index (χ0) is 17.8. The summed E-state index contributed by atoms with van der Waals surface area (Å²) in [6, 6.07) is 13.0. The maximum Gasteiger partial charge on any atom is 0.323 e. The van der Waals surface area contributed by atoms with Crippen molar-refractivity contribution in [3.8, 4) is 0 Å². The molecule has 0 spiro atoms. The van der Waals surface area contributed by atoms with Crippen molar-refractivity contribution in [2.45, 2.75) is 32.7 Å². The number of carbonyl (C=O) groups excluding carboxylic acids is 1. The third-order valence-electron chi connectivity index (χ3n) is 4.05. The lowest BCUT2D eigenvalue weighted by Gasteiger charge is -2.15. The molecule has 0 bridgehead atoms. The van der Waals surface area contributed by atoms with Crippen molar-refractivity contribution < 1.29 is 4.79 Å². The van der Waals surface area contributed by atoms with Crippen molar-refractivity contribution in [2.24, 2.45) is 0 Å². The van der Waals surface area contributed by atoms with Gasteiger partial charge in [0.1, 0.15) is 6.04 Å². The van der Waals surface area contributed by atoms with Crippen LogP contribution >= 0.6 is 0 Å². The molecule has 0 fully saturated rings. The predicted octanol–water partition coefficient (Wildman–Crippen LogP) is 3.25. The van der Waals surface area contributed by atoms with Crippen LogP contribution in [0.5, 0.6) is 0 Å². The van der Waals surface area contributed by atoms with Gasteiger partial charge in [-0.15, -0.1) is 0 Å². The Hall–Kier alpha value is -3.02. The van der Waals surface area contributed by atoms with Gasteiger partial charge in [-0.2, -0.15) is 0 Å². The number of fused-ring (bicyclic) bond motifs is 1. The number of H-pyrrole nitrogens is 2. The molecule has 3 rings (SSSR count). The van der Waals surface area contributed by atoms with E-state index in [1.54, 1.807) is 18.2 Å². The standard InChI is InChI=1S/C19H22N4O2/c1-3-4-13-5-7-14(8-6-13)20-12(2)18(24)21-15-9-10-16-17(11-15)23-19(25)22-16/h5-12,20H,3-4H2,1-2H3,(H,21,24)(H2,22,23,25)/t12-/m0/s1. The number of carbonyl (C=O) groups is 1. The van der Waals surface area contributed by atoms with E-state index in [1.165, 1.54) is 5.56 Å². The molecule has 1 atom stereocenters. The Morgan fingerprint density at radius 2 is 1.72 bits per heavy atom. The van der Waals surface area contributed by atoms with Crippen LogP contribution < -0.4 is 16.3 Å². The Morgan fingerprint density at radius 3 is 2.44 bits per heavy atom. The topological polar surface area (TPSA) is 89.8 Å². The van der Waals surface area contributed by atoms with Crippen LogP contribution in [0.15, 0.2) is 47.3 Å². The van der Waals surface area contributed by atoms with Crippen molar-refractivity contribution in [1.82, 2.24) is 9.97 Å². The van der Waals surface area contributed by atoms with Crippen LogP contribution in [-0.4, -0.2) is 21.9 Å². The Kier molecular flexibility index (Phi) is 4.88. The number of imidazole rings is 1. The van der Waals surface area contributed by atoms with E-state index in [2.05, 4.69) is 39.7 Å². The molecule has 0 unspecified atom stereocenters. The van der Waals surface area contributed by atoms with Crippen molar-refractivity contribution in [2.75, 3.05) is 10.6 Å². The van der Waals surface area contributed by atoms with Crippen LogP contribution in [0.2, 0.25) is 0 Å². The SMILES string of the molecule is CCCc1ccc(N[C@@H](C)C(=O)Nc2ccc3[nH]c(=O)[nH]c3c2)cc1. The van der Waals surface area contributed by atoms with Gasteiger partial charge in [-0.1, -0.05) is 25.5 Å². The zero-order valence-corrected chi connectivity index (χ0v) is 14.3. The maximum atomic E-state index is 12.4. The number of rotatable bonds is 6. The quantitative estimate of drug-likeness (QED) is 0.556. The first-order valence-electron chi connectivity index (χ1n) is 8.43. The number of hydrogen-bond donors (Lipinski definition) is 4. The second-order valence-corrected chi connectivity index (χ2v) is 6.14. The van der Waals surface area contributed by atoms with Gasteiger partial charge in [-0.3, -0.25) is 4.79 Å². The average molecular weight is 338 g/mol. The van der Waals surface area contributed by atoms with Gasteiger partial charge >= 0.3 is 5.69 Å². The third kappa shape index (κ3) is 4.09. The highest BCUT2D eigenvalue weighted by molar-refractivity contribution is 5.97. The molecule has 6 nitrogen and oxygen atoms in total. The van der Waals surface area contributed by atoms with Gasteiger partial charge in [0.2, 0.25) is 5.91 Å². The van der Waals surface area contributed by atoms with Gasteiger partial charge in [0.25, 0.3) is 0 Å². The number of nitrogens with one attached hydrogen (secondary N) is 4. The number of amides is 1. The molecule has 3 aromatic rings. The van der Waals surface area contributed by atoms with E-state index < -0.39 is 6.04 Å². The summed E-state index contributed by atoms with van der Waals surface area (Å²) in [5, 5.41) is 6.05. The van der Waals surface area contributed by atoms with E-state index >= 15 is 0 Å². The van der Waals surface area contributed by atoms with Crippen LogP contribution in [0.4, 0.5) is 11.4 Å². The molecule has 0 aliphatic rings. The number of anilines is 2. The van der Waals surface area contributed by atoms with Gasteiger partial charge in [0.15, 0.2) is 0 Å². The van der Waals surface area contributed by atoms with Crippen LogP contribution in [0, 0.1) is 0 Å². The molecule has 0 saturated carbocycles. The predicted molar refractivity (Wildman–Crippen MR) is 101 cm³/mol. The molecule has 1 heterocycles. The molecule has 0 radical (unpaired) electrons. The van der Waals surface area contributed by atoms with Crippen molar-refractivity contribution in [3.63, 3.8) is 0 Å². The number of hydrogen-bond acceptors (Lipinski definition) is 3. The highest BCUT2D eigenvalue weighted by Crippen LogP contribution is 2.16. The fourth-order valence-corrected chi connectivity index (χ4v) is 2.73. The van der Waals surface area contributed by atoms with Crippen LogP contribution in [0.25, 0.3) is 11.0 Å². The number of aromatic amines is 2. The normalized spacial score (nSPS) is 12.1. The Balaban J connectivity index is 1.63. The fourth-order valence-electron chi connectivity index (χ4n) is 2.73. The van der Waals surface area contributed by atoms with Gasteiger partial charge < -0.3 is 20.6 Å². The minimum Gasteiger partial charge on any atom is -0.374 e. The summed E-state index contributed by atoms with van der Waals surface area (Å²) in [6.45, 7) is 3.96. The largest absolute Gasteiger partial charge is 0.374 e.